The fourth-order valence-electron chi connectivity index (χ4n) is 2.25. The van der Waals surface area contributed by atoms with Gasteiger partial charge in [0.15, 0.2) is 0 Å². The zero-order chi connectivity index (χ0) is 15.4. The second-order valence-electron chi connectivity index (χ2n) is 4.73. The van der Waals surface area contributed by atoms with Crippen molar-refractivity contribution in [1.29, 1.82) is 0 Å². The Labute approximate surface area is 137 Å². The number of benzene rings is 2. The van der Waals surface area contributed by atoms with E-state index in [4.69, 9.17) is 22.1 Å². The van der Waals surface area contributed by atoms with Gasteiger partial charge in [0.2, 0.25) is 0 Å². The van der Waals surface area contributed by atoms with E-state index >= 15 is 0 Å². The number of rotatable bonds is 5. The summed E-state index contributed by atoms with van der Waals surface area (Å²) in [6, 6.07) is 12.9. The molecule has 112 valence electrons. The summed E-state index contributed by atoms with van der Waals surface area (Å²) in [7, 11) is 1.60. The lowest BCUT2D eigenvalue weighted by Crippen LogP contribution is -2.20. The molecule has 0 aliphatic carbocycles. The summed E-state index contributed by atoms with van der Waals surface area (Å²) in [6.45, 7) is 0.326. The molecule has 0 saturated carbocycles. The molecule has 0 heterocycles. The van der Waals surface area contributed by atoms with Crippen LogP contribution >= 0.6 is 27.5 Å². The van der Waals surface area contributed by atoms with Crippen LogP contribution in [0.4, 0.5) is 0 Å². The van der Waals surface area contributed by atoms with Crippen molar-refractivity contribution in [3.63, 3.8) is 0 Å². The Hall–Kier alpha value is -1.07. The number of nitrogens with two attached hydrogens (primary N) is 1. The van der Waals surface area contributed by atoms with Crippen molar-refractivity contribution in [1.82, 2.24) is 0 Å². The first kappa shape index (κ1) is 16.3. The Kier molecular flexibility index (Phi) is 5.65. The van der Waals surface area contributed by atoms with Crippen molar-refractivity contribution in [2.24, 2.45) is 5.73 Å². The van der Waals surface area contributed by atoms with Crippen LogP contribution in [-0.2, 0) is 0 Å². The van der Waals surface area contributed by atoms with Gasteiger partial charge in [0.05, 0.1) is 13.2 Å². The standard InChI is InChI=1S/C16H17BrClNO2/c1-21-12-6-7-15(17)13(8-12)16(20)14(9-19)10-2-4-11(18)5-3-10/h2-8,14,16,20H,9,19H2,1H3. The molecule has 2 atom stereocenters. The molecule has 2 unspecified atom stereocenters. The topological polar surface area (TPSA) is 55.5 Å². The highest BCUT2D eigenvalue weighted by Crippen LogP contribution is 2.36. The Morgan fingerprint density at radius 3 is 2.48 bits per heavy atom. The molecule has 2 aromatic carbocycles. The zero-order valence-corrected chi connectivity index (χ0v) is 13.9. The third kappa shape index (κ3) is 3.77. The van der Waals surface area contributed by atoms with Crippen molar-refractivity contribution >= 4 is 27.5 Å². The molecule has 0 fully saturated rings. The number of aliphatic hydroxyl groups excluding tert-OH is 1. The Morgan fingerprint density at radius 1 is 1.24 bits per heavy atom. The van der Waals surface area contributed by atoms with Crippen molar-refractivity contribution in [3.8, 4) is 5.75 Å². The van der Waals surface area contributed by atoms with E-state index in [-0.39, 0.29) is 5.92 Å². The third-order valence-electron chi connectivity index (χ3n) is 3.46. The minimum Gasteiger partial charge on any atom is -0.497 e. The van der Waals surface area contributed by atoms with Gasteiger partial charge in [-0.1, -0.05) is 39.7 Å². The monoisotopic (exact) mass is 369 g/mol. The maximum atomic E-state index is 10.7. The Bertz CT molecular complexity index is 604. The predicted octanol–water partition coefficient (Wildman–Crippen LogP) is 3.89. The molecule has 0 amide bonds. The minimum atomic E-state index is -0.736. The first-order chi connectivity index (χ1) is 10.1. The number of aliphatic hydroxyl groups is 1. The van der Waals surface area contributed by atoms with Crippen LogP contribution < -0.4 is 10.5 Å². The van der Waals surface area contributed by atoms with Gasteiger partial charge in [0, 0.05) is 22.0 Å². The number of methoxy groups -OCH3 is 1. The third-order valence-corrected chi connectivity index (χ3v) is 4.43. The van der Waals surface area contributed by atoms with E-state index in [9.17, 15) is 5.11 Å². The molecule has 2 rings (SSSR count). The highest BCUT2D eigenvalue weighted by Gasteiger charge is 2.23. The molecule has 3 N–H and O–H groups in total. The van der Waals surface area contributed by atoms with Crippen molar-refractivity contribution in [3.05, 3.63) is 63.1 Å². The molecule has 5 heteroatoms. The lowest BCUT2D eigenvalue weighted by Gasteiger charge is -2.23. The van der Waals surface area contributed by atoms with E-state index in [2.05, 4.69) is 15.9 Å². The van der Waals surface area contributed by atoms with Crippen LogP contribution in [0.15, 0.2) is 46.9 Å². The number of ether oxygens (including phenoxy) is 1. The summed E-state index contributed by atoms with van der Waals surface area (Å²) < 4.78 is 6.04. The number of halogens is 2. The van der Waals surface area contributed by atoms with Crippen LogP contribution in [0.2, 0.25) is 5.02 Å². The summed E-state index contributed by atoms with van der Waals surface area (Å²) in [5.41, 5.74) is 7.56. The van der Waals surface area contributed by atoms with E-state index < -0.39 is 6.10 Å². The van der Waals surface area contributed by atoms with Crippen LogP contribution in [0.25, 0.3) is 0 Å². The van der Waals surface area contributed by atoms with Gasteiger partial charge in [-0.3, -0.25) is 0 Å². The van der Waals surface area contributed by atoms with Gasteiger partial charge in [-0.25, -0.2) is 0 Å². The van der Waals surface area contributed by atoms with Gasteiger partial charge < -0.3 is 15.6 Å². The minimum absolute atomic E-state index is 0.217. The molecule has 3 nitrogen and oxygen atoms in total. The summed E-state index contributed by atoms with van der Waals surface area (Å²) in [6.07, 6.45) is -0.736. The molecule has 21 heavy (non-hydrogen) atoms. The summed E-state index contributed by atoms with van der Waals surface area (Å²) in [5, 5.41) is 11.4. The second kappa shape index (κ2) is 7.27. The highest BCUT2D eigenvalue weighted by atomic mass is 79.9. The van der Waals surface area contributed by atoms with Crippen molar-refractivity contribution < 1.29 is 9.84 Å². The van der Waals surface area contributed by atoms with Crippen LogP contribution in [0, 0.1) is 0 Å². The fourth-order valence-corrected chi connectivity index (χ4v) is 2.86. The van der Waals surface area contributed by atoms with Crippen LogP contribution in [-0.4, -0.2) is 18.8 Å². The van der Waals surface area contributed by atoms with Gasteiger partial charge in [-0.05, 0) is 41.5 Å². The molecule has 0 aliphatic heterocycles. The number of hydrogen-bond donors (Lipinski definition) is 2. The Morgan fingerprint density at radius 2 is 1.90 bits per heavy atom. The van der Waals surface area contributed by atoms with Gasteiger partial charge in [-0.2, -0.15) is 0 Å². The summed E-state index contributed by atoms with van der Waals surface area (Å²) in [4.78, 5) is 0. The normalized spacial score (nSPS) is 13.8. The SMILES string of the molecule is COc1ccc(Br)c(C(O)C(CN)c2ccc(Cl)cc2)c1. The average molecular weight is 371 g/mol. The van der Waals surface area contributed by atoms with Gasteiger partial charge in [0.1, 0.15) is 5.75 Å². The molecule has 0 aliphatic rings. The van der Waals surface area contributed by atoms with Crippen LogP contribution in [0.1, 0.15) is 23.1 Å². The molecular formula is C16H17BrClNO2. The largest absolute Gasteiger partial charge is 0.497 e. The zero-order valence-electron chi connectivity index (χ0n) is 11.6. The fraction of sp³-hybridized carbons (Fsp3) is 0.250. The smallest absolute Gasteiger partial charge is 0.119 e. The first-order valence-electron chi connectivity index (χ1n) is 6.54. The van der Waals surface area contributed by atoms with E-state index in [1.54, 1.807) is 19.2 Å². The molecule has 0 aromatic heterocycles. The maximum absolute atomic E-state index is 10.7. The lowest BCUT2D eigenvalue weighted by molar-refractivity contribution is 0.146. The molecule has 0 bridgehead atoms. The lowest BCUT2D eigenvalue weighted by atomic mass is 9.89. The predicted molar refractivity (Wildman–Crippen MR) is 88.9 cm³/mol. The van der Waals surface area contributed by atoms with Crippen molar-refractivity contribution in [2.75, 3.05) is 13.7 Å². The quantitative estimate of drug-likeness (QED) is 0.839. The molecule has 0 radical (unpaired) electrons. The average Bonchev–Trinajstić information content (AvgIpc) is 2.50. The summed E-state index contributed by atoms with van der Waals surface area (Å²) >= 11 is 9.37. The Balaban J connectivity index is 2.36. The van der Waals surface area contributed by atoms with Crippen molar-refractivity contribution in [2.45, 2.75) is 12.0 Å². The second-order valence-corrected chi connectivity index (χ2v) is 6.02. The maximum Gasteiger partial charge on any atom is 0.119 e. The van der Waals surface area contributed by atoms with E-state index in [1.807, 2.05) is 30.3 Å². The van der Waals surface area contributed by atoms with Crippen LogP contribution in [0.3, 0.4) is 0 Å². The van der Waals surface area contributed by atoms with Gasteiger partial charge in [0.25, 0.3) is 0 Å². The van der Waals surface area contributed by atoms with E-state index in [1.165, 1.54) is 0 Å². The van der Waals surface area contributed by atoms with Gasteiger partial charge >= 0.3 is 0 Å². The van der Waals surface area contributed by atoms with Gasteiger partial charge in [-0.15, -0.1) is 0 Å². The van der Waals surface area contributed by atoms with E-state index in [0.29, 0.717) is 17.3 Å². The summed E-state index contributed by atoms with van der Waals surface area (Å²) in [5.74, 6) is 0.477. The molecule has 2 aromatic rings. The van der Waals surface area contributed by atoms with Crippen LogP contribution in [0.5, 0.6) is 5.75 Å². The number of hydrogen-bond acceptors (Lipinski definition) is 3. The highest BCUT2D eigenvalue weighted by molar-refractivity contribution is 9.10. The molecular weight excluding hydrogens is 354 g/mol. The first-order valence-corrected chi connectivity index (χ1v) is 7.71. The van der Waals surface area contributed by atoms with E-state index in [0.717, 1.165) is 15.6 Å². The molecule has 0 saturated heterocycles. The molecule has 0 spiro atoms.